The number of benzene rings is 1. The smallest absolute Gasteiger partial charge is 0.306 e. The van der Waals surface area contributed by atoms with Crippen molar-refractivity contribution in [1.82, 2.24) is 0 Å². The number of methoxy groups -OCH3 is 1. The second kappa shape index (κ2) is 6.66. The van der Waals surface area contributed by atoms with E-state index in [1.165, 1.54) is 19.2 Å². The molecule has 0 atom stereocenters. The standard InChI is InChI=1S/C14H16ClNO4S/c1-20-13(17)7-14(4-5-14)9-21-8-10-6-11(15)2-3-12(10)16(18)19/h2-3,6H,4-5,7-9H2,1H3. The van der Waals surface area contributed by atoms with E-state index < -0.39 is 4.92 Å². The molecule has 1 aliphatic rings. The van der Waals surface area contributed by atoms with Crippen LogP contribution < -0.4 is 0 Å². The van der Waals surface area contributed by atoms with E-state index in [0.29, 0.717) is 22.8 Å². The van der Waals surface area contributed by atoms with Crippen LogP contribution >= 0.6 is 23.4 Å². The van der Waals surface area contributed by atoms with E-state index in [0.717, 1.165) is 18.6 Å². The van der Waals surface area contributed by atoms with Crippen molar-refractivity contribution in [1.29, 1.82) is 0 Å². The zero-order valence-corrected chi connectivity index (χ0v) is 13.2. The first kappa shape index (κ1) is 16.1. The first-order valence-corrected chi connectivity index (χ1v) is 8.06. The lowest BCUT2D eigenvalue weighted by Crippen LogP contribution is -2.13. The van der Waals surface area contributed by atoms with Gasteiger partial charge in [0.2, 0.25) is 0 Å². The SMILES string of the molecule is COC(=O)CC1(CSCc2cc(Cl)ccc2[N+](=O)[O-])CC1. The lowest BCUT2D eigenvalue weighted by molar-refractivity contribution is -0.385. The molecule has 7 heteroatoms. The number of nitro groups is 1. The van der Waals surface area contributed by atoms with Gasteiger partial charge in [0, 0.05) is 22.4 Å². The minimum absolute atomic E-state index is 0.0190. The summed E-state index contributed by atoms with van der Waals surface area (Å²) in [4.78, 5) is 21.9. The van der Waals surface area contributed by atoms with E-state index in [1.807, 2.05) is 0 Å². The highest BCUT2D eigenvalue weighted by Crippen LogP contribution is 2.51. The Bertz CT molecular complexity index is 560. The molecule has 0 spiro atoms. The van der Waals surface area contributed by atoms with Crippen molar-refractivity contribution in [2.45, 2.75) is 25.0 Å². The van der Waals surface area contributed by atoms with Crippen LogP contribution in [0.5, 0.6) is 0 Å². The van der Waals surface area contributed by atoms with Gasteiger partial charge in [0.25, 0.3) is 5.69 Å². The van der Waals surface area contributed by atoms with Crippen molar-refractivity contribution in [2.75, 3.05) is 12.9 Å². The molecule has 5 nitrogen and oxygen atoms in total. The van der Waals surface area contributed by atoms with Crippen LogP contribution in [0.25, 0.3) is 0 Å². The highest BCUT2D eigenvalue weighted by Gasteiger charge is 2.44. The van der Waals surface area contributed by atoms with Gasteiger partial charge in [0.05, 0.1) is 18.5 Å². The third-order valence-corrected chi connectivity index (χ3v) is 5.17. The van der Waals surface area contributed by atoms with E-state index in [-0.39, 0.29) is 17.1 Å². The molecule has 0 bridgehead atoms. The predicted octanol–water partition coefficient (Wildman–Crippen LogP) is 3.82. The first-order chi connectivity index (χ1) is 9.96. The Morgan fingerprint density at radius 3 is 2.81 bits per heavy atom. The fourth-order valence-electron chi connectivity index (χ4n) is 2.15. The van der Waals surface area contributed by atoms with Gasteiger partial charge in [-0.1, -0.05) is 11.6 Å². The topological polar surface area (TPSA) is 69.4 Å². The molecule has 1 aromatic carbocycles. The van der Waals surface area contributed by atoms with Gasteiger partial charge in [0.1, 0.15) is 0 Å². The lowest BCUT2D eigenvalue weighted by Gasteiger charge is -2.13. The van der Waals surface area contributed by atoms with Crippen molar-refractivity contribution in [2.24, 2.45) is 5.41 Å². The van der Waals surface area contributed by atoms with Gasteiger partial charge in [0.15, 0.2) is 0 Å². The Morgan fingerprint density at radius 1 is 1.52 bits per heavy atom. The second-order valence-electron chi connectivity index (χ2n) is 5.28. The van der Waals surface area contributed by atoms with Crippen LogP contribution in [0, 0.1) is 15.5 Å². The highest BCUT2D eigenvalue weighted by atomic mass is 35.5. The number of nitro benzene ring substituents is 1. The molecule has 1 aliphatic carbocycles. The Kier molecular flexibility index (Phi) is 5.11. The van der Waals surface area contributed by atoms with Gasteiger partial charge >= 0.3 is 5.97 Å². The van der Waals surface area contributed by atoms with Crippen molar-refractivity contribution in [3.8, 4) is 0 Å². The van der Waals surface area contributed by atoms with Gasteiger partial charge in [-0.3, -0.25) is 14.9 Å². The number of halogens is 1. The maximum Gasteiger partial charge on any atom is 0.306 e. The van der Waals surface area contributed by atoms with Crippen LogP contribution in [0.3, 0.4) is 0 Å². The van der Waals surface area contributed by atoms with Crippen LogP contribution in [-0.2, 0) is 15.3 Å². The molecule has 1 fully saturated rings. The van der Waals surface area contributed by atoms with Crippen LogP contribution in [0.1, 0.15) is 24.8 Å². The van der Waals surface area contributed by atoms with Crippen LogP contribution in [-0.4, -0.2) is 23.8 Å². The van der Waals surface area contributed by atoms with Gasteiger partial charge in [-0.2, -0.15) is 11.8 Å². The average molecular weight is 330 g/mol. The van der Waals surface area contributed by atoms with Gasteiger partial charge < -0.3 is 4.74 Å². The maximum absolute atomic E-state index is 11.4. The Labute approximate surface area is 132 Å². The number of nitrogens with zero attached hydrogens (tertiary/aromatic N) is 1. The van der Waals surface area contributed by atoms with Crippen LogP contribution in [0.15, 0.2) is 18.2 Å². The molecule has 0 amide bonds. The molecular formula is C14H16ClNO4S. The summed E-state index contributed by atoms with van der Waals surface area (Å²) in [5, 5.41) is 11.5. The van der Waals surface area contributed by atoms with Gasteiger partial charge in [-0.15, -0.1) is 0 Å². The second-order valence-corrected chi connectivity index (χ2v) is 6.70. The number of esters is 1. The molecule has 2 rings (SSSR count). The summed E-state index contributed by atoms with van der Waals surface area (Å²) in [6.45, 7) is 0. The molecule has 0 aromatic heterocycles. The lowest BCUT2D eigenvalue weighted by atomic mass is 10.1. The summed E-state index contributed by atoms with van der Waals surface area (Å²) >= 11 is 7.49. The molecule has 0 radical (unpaired) electrons. The van der Waals surface area contributed by atoms with Gasteiger partial charge in [-0.05, 0) is 36.1 Å². The molecule has 0 heterocycles. The third kappa shape index (κ3) is 4.35. The number of hydrogen-bond donors (Lipinski definition) is 0. The number of thioether (sulfide) groups is 1. The maximum atomic E-state index is 11.4. The molecule has 0 saturated heterocycles. The number of rotatable bonds is 7. The monoisotopic (exact) mass is 329 g/mol. The number of carbonyl (C=O) groups is 1. The van der Waals surface area contributed by atoms with E-state index in [4.69, 9.17) is 16.3 Å². The summed E-state index contributed by atoms with van der Waals surface area (Å²) in [7, 11) is 1.39. The van der Waals surface area contributed by atoms with Crippen LogP contribution in [0.4, 0.5) is 5.69 Å². The highest BCUT2D eigenvalue weighted by molar-refractivity contribution is 7.98. The third-order valence-electron chi connectivity index (χ3n) is 3.61. The molecule has 0 N–H and O–H groups in total. The minimum Gasteiger partial charge on any atom is -0.469 e. The van der Waals surface area contributed by atoms with Crippen molar-refractivity contribution in [3.05, 3.63) is 38.9 Å². The summed E-state index contributed by atoms with van der Waals surface area (Å²) in [5.74, 6) is 1.12. The minimum atomic E-state index is -0.395. The fraction of sp³-hybridized carbons (Fsp3) is 0.500. The fourth-order valence-corrected chi connectivity index (χ4v) is 3.72. The van der Waals surface area contributed by atoms with Crippen molar-refractivity contribution < 1.29 is 14.5 Å². The molecule has 0 aliphatic heterocycles. The molecule has 21 heavy (non-hydrogen) atoms. The van der Waals surface area contributed by atoms with Crippen molar-refractivity contribution >= 4 is 35.0 Å². The Balaban J connectivity index is 1.93. The normalized spacial score (nSPS) is 15.5. The zero-order chi connectivity index (χ0) is 15.5. The van der Waals surface area contributed by atoms with E-state index in [9.17, 15) is 14.9 Å². The van der Waals surface area contributed by atoms with Crippen molar-refractivity contribution in [3.63, 3.8) is 0 Å². The largest absolute Gasteiger partial charge is 0.469 e. The van der Waals surface area contributed by atoms with E-state index in [2.05, 4.69) is 0 Å². The first-order valence-electron chi connectivity index (χ1n) is 6.53. The van der Waals surface area contributed by atoms with E-state index >= 15 is 0 Å². The average Bonchev–Trinajstić information content (AvgIpc) is 3.18. The summed E-state index contributed by atoms with van der Waals surface area (Å²) in [6, 6.07) is 4.58. The molecule has 114 valence electrons. The number of carbonyl (C=O) groups excluding carboxylic acids is 1. The number of hydrogen-bond acceptors (Lipinski definition) is 5. The number of ether oxygens (including phenoxy) is 1. The Hall–Kier alpha value is -1.27. The zero-order valence-electron chi connectivity index (χ0n) is 11.6. The summed E-state index contributed by atoms with van der Waals surface area (Å²) < 4.78 is 4.70. The molecular weight excluding hydrogens is 314 g/mol. The van der Waals surface area contributed by atoms with E-state index in [1.54, 1.807) is 17.8 Å². The molecule has 0 unspecified atom stereocenters. The Morgan fingerprint density at radius 2 is 2.24 bits per heavy atom. The van der Waals surface area contributed by atoms with Crippen LogP contribution in [0.2, 0.25) is 5.02 Å². The molecule has 1 saturated carbocycles. The molecule has 1 aromatic rings. The quantitative estimate of drug-likeness (QED) is 0.432. The summed E-state index contributed by atoms with van der Waals surface area (Å²) in [5.41, 5.74) is 0.724. The summed E-state index contributed by atoms with van der Waals surface area (Å²) in [6.07, 6.45) is 2.44. The van der Waals surface area contributed by atoms with Gasteiger partial charge in [-0.25, -0.2) is 0 Å². The predicted molar refractivity (Wildman–Crippen MR) is 82.6 cm³/mol.